The number of fused-ring (bicyclic) bond motifs is 1. The summed E-state index contributed by atoms with van der Waals surface area (Å²) < 4.78 is 6.56. The number of anilines is 1. The molecule has 29 heavy (non-hydrogen) atoms. The molecular formula is C21H18N4O3S. The lowest BCUT2D eigenvalue weighted by Gasteiger charge is -2.12. The van der Waals surface area contributed by atoms with Crippen molar-refractivity contribution in [3.63, 3.8) is 0 Å². The maximum atomic E-state index is 13.1. The van der Waals surface area contributed by atoms with Gasteiger partial charge in [0.05, 0.1) is 12.1 Å². The van der Waals surface area contributed by atoms with Crippen LogP contribution in [-0.2, 0) is 17.9 Å². The predicted molar refractivity (Wildman–Crippen MR) is 113 cm³/mol. The van der Waals surface area contributed by atoms with Crippen LogP contribution < -0.4 is 16.6 Å². The van der Waals surface area contributed by atoms with Gasteiger partial charge in [0.25, 0.3) is 5.56 Å². The third-order valence-corrected chi connectivity index (χ3v) is 5.15. The molecule has 0 aliphatic heterocycles. The first-order valence-electron chi connectivity index (χ1n) is 9.01. The maximum absolute atomic E-state index is 13.1. The van der Waals surface area contributed by atoms with Crippen molar-refractivity contribution >= 4 is 34.2 Å². The highest BCUT2D eigenvalue weighted by atomic mass is 32.1. The summed E-state index contributed by atoms with van der Waals surface area (Å²) >= 11 is 1.08. The number of nitrogens with zero attached hydrogens (tertiary/aromatic N) is 3. The first kappa shape index (κ1) is 18.8. The molecule has 0 aliphatic rings. The molecule has 1 amide bonds. The molecule has 2 aromatic heterocycles. The van der Waals surface area contributed by atoms with Gasteiger partial charge in [-0.2, -0.15) is 4.37 Å². The maximum Gasteiger partial charge on any atom is 0.332 e. The Morgan fingerprint density at radius 2 is 1.86 bits per heavy atom. The van der Waals surface area contributed by atoms with E-state index < -0.39 is 11.2 Å². The second kappa shape index (κ2) is 7.84. The number of benzene rings is 2. The Kier molecular flexibility index (Phi) is 5.09. The van der Waals surface area contributed by atoms with Crippen molar-refractivity contribution < 1.29 is 4.79 Å². The van der Waals surface area contributed by atoms with Gasteiger partial charge in [-0.1, -0.05) is 42.5 Å². The number of carbonyl (C=O) groups excluding carboxylic acids is 1. The van der Waals surface area contributed by atoms with Gasteiger partial charge in [-0.3, -0.25) is 18.7 Å². The average molecular weight is 406 g/mol. The quantitative estimate of drug-likeness (QED) is 0.552. The molecule has 4 aromatic rings. The largest absolute Gasteiger partial charge is 0.332 e. The molecule has 2 heterocycles. The van der Waals surface area contributed by atoms with E-state index in [0.717, 1.165) is 27.2 Å². The van der Waals surface area contributed by atoms with Crippen LogP contribution in [0.2, 0.25) is 0 Å². The zero-order chi connectivity index (χ0) is 20.4. The van der Waals surface area contributed by atoms with Crippen LogP contribution in [0.25, 0.3) is 11.0 Å². The molecule has 8 heteroatoms. The Labute approximate surface area is 170 Å². The van der Waals surface area contributed by atoms with Crippen LogP contribution in [0, 0.1) is 6.92 Å². The molecule has 0 radical (unpaired) electrons. The molecule has 0 aliphatic carbocycles. The van der Waals surface area contributed by atoms with Crippen molar-refractivity contribution in [2.24, 2.45) is 0 Å². The van der Waals surface area contributed by atoms with E-state index in [2.05, 4.69) is 9.69 Å². The minimum Gasteiger partial charge on any atom is -0.325 e. The normalized spacial score (nSPS) is 10.9. The van der Waals surface area contributed by atoms with Crippen molar-refractivity contribution in [3.05, 3.63) is 91.9 Å². The van der Waals surface area contributed by atoms with Crippen LogP contribution in [0.4, 0.5) is 5.69 Å². The highest BCUT2D eigenvalue weighted by molar-refractivity contribution is 7.04. The fourth-order valence-corrected chi connectivity index (χ4v) is 3.83. The molecule has 7 nitrogen and oxygen atoms in total. The van der Waals surface area contributed by atoms with Crippen LogP contribution >= 0.6 is 11.5 Å². The summed E-state index contributed by atoms with van der Waals surface area (Å²) in [5.74, 6) is -0.352. The van der Waals surface area contributed by atoms with Gasteiger partial charge >= 0.3 is 5.69 Å². The number of hydrogen-bond donors (Lipinski definition) is 1. The molecule has 0 saturated heterocycles. The first-order valence-corrected chi connectivity index (χ1v) is 9.85. The summed E-state index contributed by atoms with van der Waals surface area (Å²) in [4.78, 5) is 38.4. The predicted octanol–water partition coefficient (Wildman–Crippen LogP) is 2.62. The lowest BCUT2D eigenvalue weighted by molar-refractivity contribution is -0.116. The van der Waals surface area contributed by atoms with Gasteiger partial charge in [0.15, 0.2) is 5.52 Å². The van der Waals surface area contributed by atoms with E-state index in [1.165, 1.54) is 4.57 Å². The van der Waals surface area contributed by atoms with Crippen molar-refractivity contribution in [2.45, 2.75) is 20.0 Å². The second-order valence-corrected chi connectivity index (χ2v) is 7.34. The van der Waals surface area contributed by atoms with Crippen molar-refractivity contribution in [1.29, 1.82) is 0 Å². The molecule has 0 saturated carbocycles. The number of aromatic nitrogens is 3. The van der Waals surface area contributed by atoms with E-state index in [1.54, 1.807) is 11.4 Å². The Morgan fingerprint density at radius 1 is 1.07 bits per heavy atom. The molecule has 0 spiro atoms. The third kappa shape index (κ3) is 3.88. The van der Waals surface area contributed by atoms with E-state index >= 15 is 0 Å². The van der Waals surface area contributed by atoms with Crippen molar-refractivity contribution in [3.8, 4) is 0 Å². The Morgan fingerprint density at radius 3 is 2.62 bits per heavy atom. The molecule has 0 atom stereocenters. The number of rotatable bonds is 5. The molecule has 0 unspecified atom stereocenters. The first-order chi connectivity index (χ1) is 14.0. The SMILES string of the molecule is Cc1cccc(NC(=O)Cn2c(=O)n(Cc3ccccc3)c(=O)c3nscc32)c1. The summed E-state index contributed by atoms with van der Waals surface area (Å²) in [5, 5.41) is 4.41. The second-order valence-electron chi connectivity index (χ2n) is 6.71. The lowest BCUT2D eigenvalue weighted by Crippen LogP contribution is -2.41. The number of nitrogens with one attached hydrogen (secondary N) is 1. The summed E-state index contributed by atoms with van der Waals surface area (Å²) in [5.41, 5.74) is 2.05. The Hall–Kier alpha value is -3.52. The Bertz CT molecular complexity index is 1310. The van der Waals surface area contributed by atoms with Crippen LogP contribution in [0.5, 0.6) is 0 Å². The lowest BCUT2D eigenvalue weighted by atomic mass is 10.2. The highest BCUT2D eigenvalue weighted by Gasteiger charge is 2.17. The van der Waals surface area contributed by atoms with Crippen LogP contribution in [0.1, 0.15) is 11.1 Å². The van der Waals surface area contributed by atoms with Gasteiger partial charge in [-0.05, 0) is 41.7 Å². The smallest absolute Gasteiger partial charge is 0.325 e. The van der Waals surface area contributed by atoms with Gasteiger partial charge in [0, 0.05) is 11.1 Å². The zero-order valence-corrected chi connectivity index (χ0v) is 16.5. The minimum atomic E-state index is -0.536. The molecule has 1 N–H and O–H groups in total. The summed E-state index contributed by atoms with van der Waals surface area (Å²) in [6, 6.07) is 16.6. The van der Waals surface area contributed by atoms with E-state index in [1.807, 2.05) is 55.5 Å². The molecule has 4 rings (SSSR count). The summed E-state index contributed by atoms with van der Waals surface area (Å²) in [7, 11) is 0. The van der Waals surface area contributed by atoms with Gasteiger partial charge in [0.1, 0.15) is 6.54 Å². The highest BCUT2D eigenvalue weighted by Crippen LogP contribution is 2.12. The number of amides is 1. The topological polar surface area (TPSA) is 86.0 Å². The van der Waals surface area contributed by atoms with Crippen LogP contribution in [0.3, 0.4) is 0 Å². The molecule has 0 bridgehead atoms. The van der Waals surface area contributed by atoms with Crippen LogP contribution in [0.15, 0.2) is 69.6 Å². The summed E-state index contributed by atoms with van der Waals surface area (Å²) in [6.45, 7) is 1.84. The Balaban J connectivity index is 1.72. The number of hydrogen-bond acceptors (Lipinski definition) is 5. The molecule has 2 aromatic carbocycles. The van der Waals surface area contributed by atoms with E-state index in [4.69, 9.17) is 0 Å². The number of carbonyl (C=O) groups is 1. The van der Waals surface area contributed by atoms with Crippen molar-refractivity contribution in [2.75, 3.05) is 5.32 Å². The van der Waals surface area contributed by atoms with Gasteiger partial charge < -0.3 is 5.32 Å². The fourth-order valence-electron chi connectivity index (χ4n) is 3.16. The third-order valence-electron chi connectivity index (χ3n) is 4.54. The van der Waals surface area contributed by atoms with E-state index in [-0.39, 0.29) is 24.5 Å². The summed E-state index contributed by atoms with van der Waals surface area (Å²) in [6.07, 6.45) is 0. The molecule has 0 fully saturated rings. The standard InChI is InChI=1S/C21H18N4O3S/c1-14-6-5-9-16(10-14)22-18(26)12-24-17-13-29-23-19(17)20(27)25(21(24)28)11-15-7-3-2-4-8-15/h2-10,13H,11-12H2,1H3,(H,22,26). The van der Waals surface area contributed by atoms with Gasteiger partial charge in [-0.15, -0.1) is 0 Å². The number of aryl methyl sites for hydroxylation is 1. The minimum absolute atomic E-state index is 0.117. The zero-order valence-electron chi connectivity index (χ0n) is 15.7. The van der Waals surface area contributed by atoms with E-state index in [9.17, 15) is 14.4 Å². The monoisotopic (exact) mass is 406 g/mol. The molecular weight excluding hydrogens is 388 g/mol. The van der Waals surface area contributed by atoms with Gasteiger partial charge in [-0.25, -0.2) is 4.79 Å². The van der Waals surface area contributed by atoms with Crippen LogP contribution in [-0.4, -0.2) is 19.4 Å². The average Bonchev–Trinajstić information content (AvgIpc) is 3.19. The van der Waals surface area contributed by atoms with Crippen molar-refractivity contribution in [1.82, 2.24) is 13.5 Å². The van der Waals surface area contributed by atoms with E-state index in [0.29, 0.717) is 11.2 Å². The fraction of sp³-hybridized carbons (Fsp3) is 0.143. The molecule has 146 valence electrons. The van der Waals surface area contributed by atoms with Gasteiger partial charge in [0.2, 0.25) is 5.91 Å².